The van der Waals surface area contributed by atoms with Crippen molar-refractivity contribution < 1.29 is 5.11 Å². The van der Waals surface area contributed by atoms with Crippen LogP contribution in [0.1, 0.15) is 12.8 Å². The average molecular weight is 214 g/mol. The highest BCUT2D eigenvalue weighted by molar-refractivity contribution is 6.28. The fraction of sp³-hybridized carbons (Fsp3) is 0.556. The Morgan fingerprint density at radius 1 is 1.64 bits per heavy atom. The Morgan fingerprint density at radius 2 is 2.50 bits per heavy atom. The topological polar surface area (TPSA) is 49.2 Å². The molecule has 1 saturated heterocycles. The fourth-order valence-electron chi connectivity index (χ4n) is 1.81. The molecule has 1 atom stereocenters. The number of hydrogen-bond acceptors (Lipinski definition) is 4. The second-order valence-corrected chi connectivity index (χ2v) is 3.69. The smallest absolute Gasteiger partial charge is 0.224 e. The number of hydrogen-bond donors (Lipinski definition) is 1. The van der Waals surface area contributed by atoms with Gasteiger partial charge in [0.2, 0.25) is 5.28 Å². The summed E-state index contributed by atoms with van der Waals surface area (Å²) in [5, 5.41) is 9.40. The van der Waals surface area contributed by atoms with Gasteiger partial charge in [0, 0.05) is 12.7 Å². The summed E-state index contributed by atoms with van der Waals surface area (Å²) >= 11 is 5.70. The summed E-state index contributed by atoms with van der Waals surface area (Å²) < 4.78 is 0. The van der Waals surface area contributed by atoms with Gasteiger partial charge in [-0.25, -0.2) is 9.97 Å². The third-order valence-corrected chi connectivity index (χ3v) is 2.68. The van der Waals surface area contributed by atoms with Crippen LogP contribution in [0.15, 0.2) is 12.3 Å². The lowest BCUT2D eigenvalue weighted by Gasteiger charge is -2.23. The molecule has 76 valence electrons. The molecule has 1 fully saturated rings. The van der Waals surface area contributed by atoms with Crippen molar-refractivity contribution in [2.24, 2.45) is 0 Å². The molecule has 5 heteroatoms. The fourth-order valence-corrected chi connectivity index (χ4v) is 1.96. The summed E-state index contributed by atoms with van der Waals surface area (Å²) in [7, 11) is 0. The predicted molar refractivity (Wildman–Crippen MR) is 54.5 cm³/mol. The Morgan fingerprint density at radius 3 is 3.21 bits per heavy atom. The Bertz CT molecular complexity index is 321. The van der Waals surface area contributed by atoms with Crippen LogP contribution in [0.2, 0.25) is 5.28 Å². The summed E-state index contributed by atoms with van der Waals surface area (Å²) in [6.45, 7) is 1.10. The molecule has 1 aromatic heterocycles. The first-order valence-electron chi connectivity index (χ1n) is 4.67. The first-order valence-corrected chi connectivity index (χ1v) is 5.05. The second-order valence-electron chi connectivity index (χ2n) is 3.36. The van der Waals surface area contributed by atoms with Gasteiger partial charge in [0.05, 0.1) is 12.6 Å². The van der Waals surface area contributed by atoms with E-state index < -0.39 is 0 Å². The number of anilines is 1. The van der Waals surface area contributed by atoms with E-state index in [-0.39, 0.29) is 17.9 Å². The average Bonchev–Trinajstić information content (AvgIpc) is 2.65. The lowest BCUT2D eigenvalue weighted by molar-refractivity contribution is 0.266. The normalized spacial score (nSPS) is 21.6. The predicted octanol–water partition coefficient (Wildman–Crippen LogP) is 1.09. The first-order chi connectivity index (χ1) is 6.81. The molecular weight excluding hydrogens is 202 g/mol. The van der Waals surface area contributed by atoms with Crippen molar-refractivity contribution in [1.29, 1.82) is 0 Å². The van der Waals surface area contributed by atoms with E-state index in [2.05, 4.69) is 14.9 Å². The van der Waals surface area contributed by atoms with Gasteiger partial charge in [0.25, 0.3) is 0 Å². The molecule has 14 heavy (non-hydrogen) atoms. The molecule has 4 nitrogen and oxygen atoms in total. The number of aromatic nitrogens is 2. The van der Waals surface area contributed by atoms with Crippen molar-refractivity contribution in [3.8, 4) is 0 Å². The molecule has 1 aromatic rings. The van der Waals surface area contributed by atoms with Crippen LogP contribution in [0.5, 0.6) is 0 Å². The van der Waals surface area contributed by atoms with Crippen LogP contribution in [0.3, 0.4) is 0 Å². The Kier molecular flexibility index (Phi) is 2.84. The molecule has 0 aromatic carbocycles. The van der Waals surface area contributed by atoms with Crippen molar-refractivity contribution in [2.75, 3.05) is 18.1 Å². The van der Waals surface area contributed by atoms with Crippen LogP contribution >= 0.6 is 11.6 Å². The zero-order valence-corrected chi connectivity index (χ0v) is 8.48. The molecule has 1 aliphatic rings. The summed E-state index contributed by atoms with van der Waals surface area (Å²) in [6, 6.07) is 2.00. The molecule has 0 radical (unpaired) electrons. The molecule has 0 saturated carbocycles. The number of halogens is 1. The van der Waals surface area contributed by atoms with Gasteiger partial charge in [-0.3, -0.25) is 0 Å². The van der Waals surface area contributed by atoms with Gasteiger partial charge in [0.15, 0.2) is 0 Å². The summed E-state index contributed by atoms with van der Waals surface area (Å²) in [5.41, 5.74) is 0. The monoisotopic (exact) mass is 213 g/mol. The zero-order chi connectivity index (χ0) is 9.97. The molecule has 0 spiro atoms. The molecule has 2 heterocycles. The van der Waals surface area contributed by atoms with E-state index in [0.717, 1.165) is 25.2 Å². The van der Waals surface area contributed by atoms with Crippen LogP contribution in [0, 0.1) is 0 Å². The van der Waals surface area contributed by atoms with E-state index in [1.54, 1.807) is 6.20 Å². The van der Waals surface area contributed by atoms with Crippen molar-refractivity contribution >= 4 is 17.4 Å². The van der Waals surface area contributed by atoms with Gasteiger partial charge < -0.3 is 10.0 Å². The summed E-state index contributed by atoms with van der Waals surface area (Å²) in [4.78, 5) is 10.0. The Labute approximate surface area is 87.5 Å². The molecule has 2 rings (SSSR count). The minimum atomic E-state index is 0.168. The SMILES string of the molecule is OCC1CCCN1c1ccnc(Cl)n1. The van der Waals surface area contributed by atoms with E-state index in [4.69, 9.17) is 16.7 Å². The highest BCUT2D eigenvalue weighted by Gasteiger charge is 2.24. The van der Waals surface area contributed by atoms with Gasteiger partial charge in [-0.05, 0) is 30.5 Å². The van der Waals surface area contributed by atoms with Crippen LogP contribution in [-0.2, 0) is 0 Å². The lowest BCUT2D eigenvalue weighted by Crippen LogP contribution is -2.32. The first kappa shape index (κ1) is 9.68. The third kappa shape index (κ3) is 1.81. The van der Waals surface area contributed by atoms with E-state index >= 15 is 0 Å². The van der Waals surface area contributed by atoms with Crippen LogP contribution in [0.4, 0.5) is 5.82 Å². The number of rotatable bonds is 2. The van der Waals surface area contributed by atoms with Crippen molar-refractivity contribution in [1.82, 2.24) is 9.97 Å². The number of aliphatic hydroxyl groups is 1. The maximum absolute atomic E-state index is 9.15. The maximum Gasteiger partial charge on any atom is 0.224 e. The zero-order valence-electron chi connectivity index (χ0n) is 7.73. The molecule has 0 amide bonds. The second kappa shape index (κ2) is 4.11. The molecular formula is C9H12ClN3O. The van der Waals surface area contributed by atoms with Crippen LogP contribution < -0.4 is 4.90 Å². The van der Waals surface area contributed by atoms with Gasteiger partial charge in [-0.1, -0.05) is 0 Å². The Hall–Kier alpha value is -0.870. The minimum Gasteiger partial charge on any atom is -0.394 e. The highest BCUT2D eigenvalue weighted by atomic mass is 35.5. The summed E-state index contributed by atoms with van der Waals surface area (Å²) in [5.74, 6) is 0.807. The van der Waals surface area contributed by atoms with Gasteiger partial charge in [0.1, 0.15) is 5.82 Å². The van der Waals surface area contributed by atoms with Gasteiger partial charge in [-0.15, -0.1) is 0 Å². The molecule has 1 unspecified atom stereocenters. The van der Waals surface area contributed by atoms with Crippen molar-refractivity contribution in [3.63, 3.8) is 0 Å². The van der Waals surface area contributed by atoms with Crippen LogP contribution in [-0.4, -0.2) is 34.3 Å². The quantitative estimate of drug-likeness (QED) is 0.748. The number of nitrogens with zero attached hydrogens (tertiary/aromatic N) is 3. The van der Waals surface area contributed by atoms with Crippen molar-refractivity contribution in [3.05, 3.63) is 17.5 Å². The van der Waals surface area contributed by atoms with E-state index in [9.17, 15) is 0 Å². The third-order valence-electron chi connectivity index (χ3n) is 2.49. The van der Waals surface area contributed by atoms with E-state index in [1.807, 2.05) is 6.07 Å². The van der Waals surface area contributed by atoms with Crippen molar-refractivity contribution in [2.45, 2.75) is 18.9 Å². The van der Waals surface area contributed by atoms with Crippen LogP contribution in [0.25, 0.3) is 0 Å². The molecule has 1 N–H and O–H groups in total. The molecule has 1 aliphatic heterocycles. The Balaban J connectivity index is 2.21. The summed E-state index contributed by atoms with van der Waals surface area (Å²) in [6.07, 6.45) is 3.74. The number of aliphatic hydroxyl groups excluding tert-OH is 1. The largest absolute Gasteiger partial charge is 0.394 e. The van der Waals surface area contributed by atoms with E-state index in [0.29, 0.717) is 0 Å². The highest BCUT2D eigenvalue weighted by Crippen LogP contribution is 2.23. The van der Waals surface area contributed by atoms with E-state index in [1.165, 1.54) is 0 Å². The van der Waals surface area contributed by atoms with Gasteiger partial charge >= 0.3 is 0 Å². The maximum atomic E-state index is 9.15. The lowest BCUT2D eigenvalue weighted by atomic mass is 10.2. The minimum absolute atomic E-state index is 0.168. The van der Waals surface area contributed by atoms with Gasteiger partial charge in [-0.2, -0.15) is 0 Å². The molecule has 0 aliphatic carbocycles. The molecule has 0 bridgehead atoms. The standard InChI is InChI=1S/C9H12ClN3O/c10-9-11-4-3-8(12-9)13-5-1-2-7(13)6-14/h3-4,7,14H,1-2,5-6H2.